The number of halogens is 1. The molecule has 0 N–H and O–H groups in total. The van der Waals surface area contributed by atoms with Gasteiger partial charge in [-0.05, 0) is 43.4 Å². The molecule has 19 heavy (non-hydrogen) atoms. The summed E-state index contributed by atoms with van der Waals surface area (Å²) in [5, 5.41) is 0. The van der Waals surface area contributed by atoms with E-state index >= 15 is 0 Å². The molecule has 1 heterocycles. The summed E-state index contributed by atoms with van der Waals surface area (Å²) in [5.41, 5.74) is 1.02. The van der Waals surface area contributed by atoms with Gasteiger partial charge in [-0.15, -0.1) is 0 Å². The van der Waals surface area contributed by atoms with Crippen molar-refractivity contribution in [3.8, 4) is 0 Å². The van der Waals surface area contributed by atoms with Crippen molar-refractivity contribution in [1.29, 1.82) is 0 Å². The van der Waals surface area contributed by atoms with Gasteiger partial charge in [-0.3, -0.25) is 4.79 Å². The minimum absolute atomic E-state index is 0.0300. The Morgan fingerprint density at radius 3 is 2.74 bits per heavy atom. The van der Waals surface area contributed by atoms with Crippen molar-refractivity contribution in [2.75, 3.05) is 6.54 Å². The van der Waals surface area contributed by atoms with Gasteiger partial charge >= 0.3 is 0 Å². The molecule has 0 aromatic heterocycles. The van der Waals surface area contributed by atoms with E-state index < -0.39 is 0 Å². The van der Waals surface area contributed by atoms with Crippen molar-refractivity contribution < 1.29 is 9.18 Å². The summed E-state index contributed by atoms with van der Waals surface area (Å²) in [6.45, 7) is 5.00. The van der Waals surface area contributed by atoms with Crippen molar-refractivity contribution in [2.45, 2.75) is 45.6 Å². The fourth-order valence-corrected chi connectivity index (χ4v) is 2.89. The molecule has 2 unspecified atom stereocenters. The fourth-order valence-electron chi connectivity index (χ4n) is 2.89. The highest BCUT2D eigenvalue weighted by Gasteiger charge is 2.29. The summed E-state index contributed by atoms with van der Waals surface area (Å²) in [7, 11) is 0. The van der Waals surface area contributed by atoms with Crippen molar-refractivity contribution in [2.24, 2.45) is 5.92 Å². The first-order valence-electron chi connectivity index (χ1n) is 7.16. The Morgan fingerprint density at radius 2 is 2.11 bits per heavy atom. The zero-order valence-corrected chi connectivity index (χ0v) is 11.7. The van der Waals surface area contributed by atoms with Gasteiger partial charge in [0.05, 0.1) is 0 Å². The van der Waals surface area contributed by atoms with Crippen LogP contribution in [-0.2, 0) is 11.2 Å². The minimum atomic E-state index is -0.228. The van der Waals surface area contributed by atoms with Gasteiger partial charge in [0.15, 0.2) is 0 Å². The maximum Gasteiger partial charge on any atom is 0.225 e. The number of nitrogens with zero attached hydrogens (tertiary/aromatic N) is 1. The zero-order chi connectivity index (χ0) is 13.8. The van der Waals surface area contributed by atoms with E-state index in [1.165, 1.54) is 12.1 Å². The molecule has 1 saturated heterocycles. The van der Waals surface area contributed by atoms with E-state index in [9.17, 15) is 9.18 Å². The Kier molecular flexibility index (Phi) is 4.56. The molecular formula is C16H22FNO. The molecule has 2 rings (SSSR count). The van der Waals surface area contributed by atoms with Crippen molar-refractivity contribution in [1.82, 2.24) is 4.90 Å². The van der Waals surface area contributed by atoms with Gasteiger partial charge in [0, 0.05) is 18.5 Å². The Hall–Kier alpha value is -1.38. The van der Waals surface area contributed by atoms with Gasteiger partial charge in [-0.1, -0.05) is 26.0 Å². The standard InChI is InChI=1S/C16H22FNO/c1-3-15-5-4-10-18(15)16(19)12(2)11-13-6-8-14(17)9-7-13/h6-9,12,15H,3-5,10-11H2,1-2H3. The molecule has 1 aliphatic heterocycles. The molecule has 2 atom stereocenters. The molecule has 104 valence electrons. The number of rotatable bonds is 4. The lowest BCUT2D eigenvalue weighted by atomic mass is 9.99. The first-order chi connectivity index (χ1) is 9.11. The molecule has 1 amide bonds. The third-order valence-corrected chi connectivity index (χ3v) is 4.01. The van der Waals surface area contributed by atoms with Crippen LogP contribution < -0.4 is 0 Å². The number of amides is 1. The Bertz CT molecular complexity index is 429. The lowest BCUT2D eigenvalue weighted by molar-refractivity contribution is -0.135. The molecule has 1 aromatic rings. The van der Waals surface area contributed by atoms with Gasteiger partial charge in [-0.25, -0.2) is 4.39 Å². The number of likely N-dealkylation sites (tertiary alicyclic amines) is 1. The number of benzene rings is 1. The third-order valence-electron chi connectivity index (χ3n) is 4.01. The average molecular weight is 263 g/mol. The zero-order valence-electron chi connectivity index (χ0n) is 11.7. The number of hydrogen-bond donors (Lipinski definition) is 0. The van der Waals surface area contributed by atoms with Crippen LogP contribution in [0.4, 0.5) is 4.39 Å². The Labute approximate surface area is 114 Å². The molecular weight excluding hydrogens is 241 g/mol. The SMILES string of the molecule is CCC1CCCN1C(=O)C(C)Cc1ccc(F)cc1. The van der Waals surface area contributed by atoms with Crippen LogP contribution in [0, 0.1) is 11.7 Å². The van der Waals surface area contributed by atoms with Gasteiger partial charge in [0.2, 0.25) is 5.91 Å². The predicted molar refractivity (Wildman–Crippen MR) is 74.3 cm³/mol. The molecule has 0 bridgehead atoms. The molecule has 3 heteroatoms. The van der Waals surface area contributed by atoms with Crippen LogP contribution in [-0.4, -0.2) is 23.4 Å². The van der Waals surface area contributed by atoms with E-state index in [1.54, 1.807) is 12.1 Å². The molecule has 0 spiro atoms. The quantitative estimate of drug-likeness (QED) is 0.815. The predicted octanol–water partition coefficient (Wildman–Crippen LogP) is 3.41. The lowest BCUT2D eigenvalue weighted by Crippen LogP contribution is -2.39. The summed E-state index contributed by atoms with van der Waals surface area (Å²) in [5.74, 6) is -0.0143. The van der Waals surface area contributed by atoms with Crippen LogP contribution in [0.15, 0.2) is 24.3 Å². The van der Waals surface area contributed by atoms with Crippen LogP contribution in [0.2, 0.25) is 0 Å². The lowest BCUT2D eigenvalue weighted by Gasteiger charge is -2.26. The van der Waals surface area contributed by atoms with Gasteiger partial charge in [-0.2, -0.15) is 0 Å². The van der Waals surface area contributed by atoms with Crippen LogP contribution in [0.3, 0.4) is 0 Å². The second-order valence-corrected chi connectivity index (χ2v) is 5.47. The van der Waals surface area contributed by atoms with Crippen molar-refractivity contribution >= 4 is 5.91 Å². The summed E-state index contributed by atoms with van der Waals surface area (Å²) < 4.78 is 12.9. The maximum atomic E-state index is 12.9. The number of carbonyl (C=O) groups is 1. The normalized spacial score (nSPS) is 20.6. The molecule has 0 radical (unpaired) electrons. The summed E-state index contributed by atoms with van der Waals surface area (Å²) in [4.78, 5) is 14.5. The third kappa shape index (κ3) is 3.34. The minimum Gasteiger partial charge on any atom is -0.339 e. The van der Waals surface area contributed by atoms with Gasteiger partial charge in [0.1, 0.15) is 5.82 Å². The fraction of sp³-hybridized carbons (Fsp3) is 0.562. The molecule has 0 saturated carbocycles. The average Bonchev–Trinajstić information content (AvgIpc) is 2.88. The molecule has 1 fully saturated rings. The van der Waals surface area contributed by atoms with Crippen LogP contribution >= 0.6 is 0 Å². The highest BCUT2D eigenvalue weighted by Crippen LogP contribution is 2.23. The monoisotopic (exact) mass is 263 g/mol. The van der Waals surface area contributed by atoms with Crippen LogP contribution in [0.25, 0.3) is 0 Å². The Morgan fingerprint density at radius 1 is 1.42 bits per heavy atom. The highest BCUT2D eigenvalue weighted by molar-refractivity contribution is 5.79. The largest absolute Gasteiger partial charge is 0.339 e. The van der Waals surface area contributed by atoms with Crippen LogP contribution in [0.1, 0.15) is 38.7 Å². The topological polar surface area (TPSA) is 20.3 Å². The van der Waals surface area contributed by atoms with E-state index in [0.717, 1.165) is 31.4 Å². The molecule has 1 aliphatic rings. The van der Waals surface area contributed by atoms with E-state index in [1.807, 2.05) is 11.8 Å². The summed E-state index contributed by atoms with van der Waals surface area (Å²) in [6, 6.07) is 6.86. The second kappa shape index (κ2) is 6.18. The van der Waals surface area contributed by atoms with Gasteiger partial charge in [0.25, 0.3) is 0 Å². The smallest absolute Gasteiger partial charge is 0.225 e. The van der Waals surface area contributed by atoms with E-state index in [-0.39, 0.29) is 17.6 Å². The van der Waals surface area contributed by atoms with Gasteiger partial charge < -0.3 is 4.90 Å². The molecule has 2 nitrogen and oxygen atoms in total. The summed E-state index contributed by atoms with van der Waals surface area (Å²) >= 11 is 0. The second-order valence-electron chi connectivity index (χ2n) is 5.47. The van der Waals surface area contributed by atoms with Crippen molar-refractivity contribution in [3.63, 3.8) is 0 Å². The maximum absolute atomic E-state index is 12.9. The van der Waals surface area contributed by atoms with Crippen molar-refractivity contribution in [3.05, 3.63) is 35.6 Å². The Balaban J connectivity index is 1.97. The number of hydrogen-bond acceptors (Lipinski definition) is 1. The molecule has 0 aliphatic carbocycles. The molecule has 1 aromatic carbocycles. The first kappa shape index (κ1) is 14.0. The van der Waals surface area contributed by atoms with E-state index in [2.05, 4.69) is 6.92 Å². The van der Waals surface area contributed by atoms with Crippen LogP contribution in [0.5, 0.6) is 0 Å². The van der Waals surface area contributed by atoms with E-state index in [0.29, 0.717) is 12.5 Å². The first-order valence-corrected chi connectivity index (χ1v) is 7.16. The highest BCUT2D eigenvalue weighted by atomic mass is 19.1. The summed E-state index contributed by atoms with van der Waals surface area (Å²) in [6.07, 6.45) is 3.97. The number of carbonyl (C=O) groups excluding carboxylic acids is 1. The van der Waals surface area contributed by atoms with E-state index in [4.69, 9.17) is 0 Å².